The van der Waals surface area contributed by atoms with E-state index < -0.39 is 29.2 Å². The van der Waals surface area contributed by atoms with Gasteiger partial charge in [0.05, 0.1) is 28.5 Å². The third-order valence-corrected chi connectivity index (χ3v) is 4.92. The van der Waals surface area contributed by atoms with Crippen LogP contribution in [-0.4, -0.2) is 62.3 Å². The van der Waals surface area contributed by atoms with Gasteiger partial charge < -0.3 is 19.8 Å². The first-order chi connectivity index (χ1) is 10.6. The molecule has 0 bridgehead atoms. The summed E-state index contributed by atoms with van der Waals surface area (Å²) in [5.41, 5.74) is -2.01. The summed E-state index contributed by atoms with van der Waals surface area (Å²) in [6.07, 6.45) is 1.01. The molecule has 23 heavy (non-hydrogen) atoms. The number of aliphatic hydroxyl groups excluding tert-OH is 1. The van der Waals surface area contributed by atoms with E-state index in [0.29, 0.717) is 10.0 Å². The number of halogens is 1. The molecule has 0 saturated carbocycles. The molecule has 1 aromatic rings. The number of pyridine rings is 1. The number of hydrogen-bond acceptors (Lipinski definition) is 6. The number of carbonyl (C=O) groups excluding carboxylic acids is 1. The van der Waals surface area contributed by atoms with Gasteiger partial charge in [0.1, 0.15) is 11.2 Å². The summed E-state index contributed by atoms with van der Waals surface area (Å²) >= 11 is 7.11. The summed E-state index contributed by atoms with van der Waals surface area (Å²) in [7, 11) is 0. The Morgan fingerprint density at radius 2 is 2.26 bits per heavy atom. The van der Waals surface area contributed by atoms with Crippen LogP contribution in [0.1, 0.15) is 20.8 Å². The van der Waals surface area contributed by atoms with Crippen LogP contribution in [0, 0.1) is 0 Å². The van der Waals surface area contributed by atoms with Gasteiger partial charge in [0.15, 0.2) is 0 Å². The molecule has 0 aromatic carbocycles. The molecule has 2 heterocycles. The van der Waals surface area contributed by atoms with Gasteiger partial charge >= 0.3 is 6.09 Å². The van der Waals surface area contributed by atoms with E-state index in [1.165, 1.54) is 22.9 Å². The number of ether oxygens (including phenoxy) is 1. The van der Waals surface area contributed by atoms with Crippen molar-refractivity contribution in [2.75, 3.05) is 19.7 Å². The van der Waals surface area contributed by atoms with Crippen molar-refractivity contribution in [1.29, 1.82) is 0 Å². The first-order valence-corrected chi connectivity index (χ1v) is 8.48. The van der Waals surface area contributed by atoms with Crippen LogP contribution >= 0.6 is 23.4 Å². The molecule has 8 heteroatoms. The minimum Gasteiger partial charge on any atom is -0.444 e. The monoisotopic (exact) mass is 360 g/mol. The quantitative estimate of drug-likeness (QED) is 0.859. The van der Waals surface area contributed by atoms with Crippen LogP contribution in [0.3, 0.4) is 0 Å². The number of thioether (sulfide) groups is 1. The first kappa shape index (κ1) is 18.3. The number of amides is 1. The molecule has 2 N–H and O–H groups in total. The lowest BCUT2D eigenvalue weighted by Gasteiger charge is -2.26. The zero-order valence-electron chi connectivity index (χ0n) is 13.3. The highest BCUT2D eigenvalue weighted by Gasteiger charge is 2.48. The highest BCUT2D eigenvalue weighted by Crippen LogP contribution is 2.36. The van der Waals surface area contributed by atoms with E-state index in [1.54, 1.807) is 32.9 Å². The second-order valence-electron chi connectivity index (χ2n) is 6.54. The third kappa shape index (κ3) is 4.73. The molecule has 2 atom stereocenters. The average molecular weight is 361 g/mol. The number of rotatable bonds is 3. The molecule has 1 aliphatic rings. The fraction of sp³-hybridized carbons (Fsp3) is 0.600. The van der Waals surface area contributed by atoms with E-state index in [0.717, 1.165) is 0 Å². The normalized spacial score (nSPS) is 24.8. The lowest BCUT2D eigenvalue weighted by Crippen LogP contribution is -2.44. The fourth-order valence-electron chi connectivity index (χ4n) is 2.21. The standard InChI is InChI=1S/C15H21ClN2O4S/c1-14(2,3)22-13(20)18-7-11(15(21,8-18)9-19)23-12-5-4-10(16)6-17-12/h4-6,11,19,21H,7-9H2,1-3H3/t11-,15+/m0/s1. The van der Waals surface area contributed by atoms with E-state index in [1.807, 2.05) is 0 Å². The number of aliphatic hydroxyl groups is 2. The molecule has 1 aromatic heterocycles. The maximum absolute atomic E-state index is 12.2. The van der Waals surface area contributed by atoms with Crippen LogP contribution in [0.2, 0.25) is 5.02 Å². The maximum atomic E-state index is 12.2. The van der Waals surface area contributed by atoms with E-state index in [4.69, 9.17) is 16.3 Å². The Kier molecular flexibility index (Phi) is 5.45. The predicted octanol–water partition coefficient (Wildman–Crippen LogP) is 2.17. The number of aromatic nitrogens is 1. The molecule has 1 amide bonds. The summed E-state index contributed by atoms with van der Waals surface area (Å²) < 4.78 is 5.33. The van der Waals surface area contributed by atoms with Crippen molar-refractivity contribution in [2.24, 2.45) is 0 Å². The van der Waals surface area contributed by atoms with Crippen molar-refractivity contribution < 1.29 is 19.7 Å². The molecule has 1 saturated heterocycles. The summed E-state index contributed by atoms with van der Waals surface area (Å²) in [5, 5.41) is 21.0. The minimum absolute atomic E-state index is 0.0175. The van der Waals surface area contributed by atoms with Crippen LogP contribution < -0.4 is 0 Å². The average Bonchev–Trinajstić information content (AvgIpc) is 2.78. The molecule has 2 rings (SSSR count). The summed E-state index contributed by atoms with van der Waals surface area (Å²) in [4.78, 5) is 17.8. The fourth-order valence-corrected chi connectivity index (χ4v) is 3.50. The molecule has 128 valence electrons. The van der Waals surface area contributed by atoms with E-state index >= 15 is 0 Å². The third-order valence-electron chi connectivity index (χ3n) is 3.34. The van der Waals surface area contributed by atoms with Gasteiger partial charge in [-0.25, -0.2) is 9.78 Å². The molecule has 0 radical (unpaired) electrons. The Morgan fingerprint density at radius 1 is 1.57 bits per heavy atom. The molecule has 0 aliphatic carbocycles. The van der Waals surface area contributed by atoms with Gasteiger partial charge in [0, 0.05) is 12.7 Å². The Morgan fingerprint density at radius 3 is 2.78 bits per heavy atom. The Balaban J connectivity index is 2.09. The van der Waals surface area contributed by atoms with Crippen molar-refractivity contribution in [1.82, 2.24) is 9.88 Å². The second kappa shape index (κ2) is 6.84. The lowest BCUT2D eigenvalue weighted by atomic mass is 10.1. The summed E-state index contributed by atoms with van der Waals surface area (Å²) in [6, 6.07) is 3.44. The highest BCUT2D eigenvalue weighted by molar-refractivity contribution is 8.00. The van der Waals surface area contributed by atoms with Crippen molar-refractivity contribution >= 4 is 29.5 Å². The van der Waals surface area contributed by atoms with Crippen LogP contribution in [0.5, 0.6) is 0 Å². The molecular weight excluding hydrogens is 340 g/mol. The maximum Gasteiger partial charge on any atom is 0.410 e. The number of β-amino-alcohol motifs (C(OH)–C–C–N with tert-alkyl or cyclic N) is 1. The van der Waals surface area contributed by atoms with Crippen molar-refractivity contribution in [3.63, 3.8) is 0 Å². The van der Waals surface area contributed by atoms with E-state index in [2.05, 4.69) is 4.98 Å². The van der Waals surface area contributed by atoms with Gasteiger partial charge in [-0.15, -0.1) is 0 Å². The van der Waals surface area contributed by atoms with Crippen LogP contribution in [-0.2, 0) is 4.74 Å². The first-order valence-electron chi connectivity index (χ1n) is 7.22. The zero-order valence-corrected chi connectivity index (χ0v) is 14.9. The SMILES string of the molecule is CC(C)(C)OC(=O)N1C[C@H](Sc2ccc(Cl)cn2)[C@](O)(CO)C1. The van der Waals surface area contributed by atoms with Gasteiger partial charge in [-0.2, -0.15) is 0 Å². The molecular formula is C15H21ClN2O4S. The molecule has 1 aliphatic heterocycles. The van der Waals surface area contributed by atoms with E-state index in [-0.39, 0.29) is 13.1 Å². The van der Waals surface area contributed by atoms with Gasteiger partial charge in [-0.1, -0.05) is 23.4 Å². The lowest BCUT2D eigenvalue weighted by molar-refractivity contribution is -0.00978. The molecule has 0 unspecified atom stereocenters. The predicted molar refractivity (Wildman–Crippen MR) is 88.7 cm³/mol. The highest BCUT2D eigenvalue weighted by atomic mass is 35.5. The van der Waals surface area contributed by atoms with E-state index in [9.17, 15) is 15.0 Å². The number of likely N-dealkylation sites (tertiary alicyclic amines) is 1. The van der Waals surface area contributed by atoms with Gasteiger partial charge in [0.2, 0.25) is 0 Å². The van der Waals surface area contributed by atoms with Crippen LogP contribution in [0.15, 0.2) is 23.4 Å². The summed E-state index contributed by atoms with van der Waals surface area (Å²) in [5.74, 6) is 0. The van der Waals surface area contributed by atoms with Crippen molar-refractivity contribution in [2.45, 2.75) is 42.2 Å². The minimum atomic E-state index is -1.40. The Bertz CT molecular complexity index is 564. The molecule has 0 spiro atoms. The Labute approximate surface area is 144 Å². The zero-order chi connectivity index (χ0) is 17.3. The topological polar surface area (TPSA) is 82.9 Å². The molecule has 1 fully saturated rings. The number of carbonyl (C=O) groups is 1. The second-order valence-corrected chi connectivity index (χ2v) is 8.20. The smallest absolute Gasteiger partial charge is 0.410 e. The summed E-state index contributed by atoms with van der Waals surface area (Å²) in [6.45, 7) is 5.18. The van der Waals surface area contributed by atoms with Gasteiger partial charge in [-0.3, -0.25) is 0 Å². The number of hydrogen-bond donors (Lipinski definition) is 2. The molecule has 6 nitrogen and oxygen atoms in total. The van der Waals surface area contributed by atoms with Crippen molar-refractivity contribution in [3.8, 4) is 0 Å². The van der Waals surface area contributed by atoms with Crippen molar-refractivity contribution in [3.05, 3.63) is 23.4 Å². The Hall–Kier alpha value is -1.02. The van der Waals surface area contributed by atoms with Gasteiger partial charge in [-0.05, 0) is 32.9 Å². The van der Waals surface area contributed by atoms with Gasteiger partial charge in [0.25, 0.3) is 0 Å². The van der Waals surface area contributed by atoms with Crippen LogP contribution in [0.4, 0.5) is 4.79 Å². The largest absolute Gasteiger partial charge is 0.444 e. The van der Waals surface area contributed by atoms with Crippen LogP contribution in [0.25, 0.3) is 0 Å². The number of nitrogens with zero attached hydrogens (tertiary/aromatic N) is 2.